The maximum absolute atomic E-state index is 12.8. The number of pyridine rings is 1. The van der Waals surface area contributed by atoms with Crippen molar-refractivity contribution in [3.8, 4) is 5.75 Å². The third kappa shape index (κ3) is 4.60. The molecular formula is C19H19Cl2N5O3. The van der Waals surface area contributed by atoms with E-state index in [2.05, 4.69) is 20.6 Å². The van der Waals surface area contributed by atoms with E-state index in [1.165, 1.54) is 13.2 Å². The number of amides is 1. The molecule has 3 aromatic rings. The summed E-state index contributed by atoms with van der Waals surface area (Å²) in [5.74, 6) is 0.126. The van der Waals surface area contributed by atoms with Gasteiger partial charge in [0.05, 0.1) is 11.7 Å². The van der Waals surface area contributed by atoms with Gasteiger partial charge in [-0.2, -0.15) is 4.98 Å². The number of benzene rings is 1. The number of halogens is 2. The largest absolute Gasteiger partial charge is 0.478 e. The van der Waals surface area contributed by atoms with Crippen LogP contribution in [0.25, 0.3) is 10.9 Å². The number of likely N-dealkylation sites (N-methyl/N-ethyl adjacent to an activating group) is 1. The summed E-state index contributed by atoms with van der Waals surface area (Å²) in [7, 11) is 1.50. The Morgan fingerprint density at radius 3 is 2.72 bits per heavy atom. The molecule has 1 amide bonds. The second-order valence-electron chi connectivity index (χ2n) is 6.47. The van der Waals surface area contributed by atoms with Crippen molar-refractivity contribution in [3.63, 3.8) is 0 Å². The highest BCUT2D eigenvalue weighted by Gasteiger charge is 2.15. The summed E-state index contributed by atoms with van der Waals surface area (Å²) in [6, 6.07) is 6.95. The third-order valence-electron chi connectivity index (χ3n) is 4.13. The van der Waals surface area contributed by atoms with E-state index in [-0.39, 0.29) is 35.1 Å². The van der Waals surface area contributed by atoms with Gasteiger partial charge in [-0.1, -0.05) is 11.6 Å². The molecule has 152 valence electrons. The highest BCUT2D eigenvalue weighted by Crippen LogP contribution is 2.28. The van der Waals surface area contributed by atoms with E-state index >= 15 is 0 Å². The van der Waals surface area contributed by atoms with Crippen LogP contribution in [0.5, 0.6) is 5.75 Å². The van der Waals surface area contributed by atoms with Crippen molar-refractivity contribution in [2.45, 2.75) is 19.9 Å². The lowest BCUT2D eigenvalue weighted by Crippen LogP contribution is -2.29. The Kier molecular flexibility index (Phi) is 6.24. The lowest BCUT2D eigenvalue weighted by molar-refractivity contribution is -0.122. The molecule has 0 atom stereocenters. The average Bonchev–Trinajstić information content (AvgIpc) is 2.68. The molecule has 0 unspecified atom stereocenters. The topological polar surface area (TPSA) is 98.1 Å². The van der Waals surface area contributed by atoms with Crippen molar-refractivity contribution < 1.29 is 9.53 Å². The van der Waals surface area contributed by atoms with E-state index in [9.17, 15) is 9.59 Å². The van der Waals surface area contributed by atoms with Crippen LogP contribution in [0.3, 0.4) is 0 Å². The second kappa shape index (κ2) is 8.67. The summed E-state index contributed by atoms with van der Waals surface area (Å²) < 4.78 is 7.07. The molecule has 2 N–H and O–H groups in total. The van der Waals surface area contributed by atoms with Gasteiger partial charge in [0.1, 0.15) is 5.02 Å². The van der Waals surface area contributed by atoms with Crippen LogP contribution in [0, 0.1) is 0 Å². The summed E-state index contributed by atoms with van der Waals surface area (Å²) in [5.41, 5.74) is 1.11. The van der Waals surface area contributed by atoms with Crippen LogP contribution in [0.15, 0.2) is 35.3 Å². The number of anilines is 2. The fourth-order valence-electron chi connectivity index (χ4n) is 2.80. The number of nitrogens with one attached hydrogen (secondary N) is 2. The second-order valence-corrected chi connectivity index (χ2v) is 7.22. The van der Waals surface area contributed by atoms with Gasteiger partial charge in [-0.3, -0.25) is 9.59 Å². The standard InChI is InChI=1S/C19H19Cl2N5O3/c1-10(2)26-14-5-4-12(24-17-13(20)8-23-19(21)25-17)6-11(14)7-15(18(26)28)29-9-16(27)22-3/h4-8,10H,9H2,1-3H3,(H,22,27)(H,23,24,25). The maximum Gasteiger partial charge on any atom is 0.293 e. The third-order valence-corrected chi connectivity index (χ3v) is 4.59. The van der Waals surface area contributed by atoms with Crippen LogP contribution in [0.2, 0.25) is 10.3 Å². The average molecular weight is 436 g/mol. The Balaban J connectivity index is 2.06. The predicted octanol–water partition coefficient (Wildman–Crippen LogP) is 3.55. The first-order valence-corrected chi connectivity index (χ1v) is 9.53. The van der Waals surface area contributed by atoms with E-state index in [0.717, 1.165) is 10.9 Å². The van der Waals surface area contributed by atoms with Gasteiger partial charge in [-0.05, 0) is 49.7 Å². The fraction of sp³-hybridized carbons (Fsp3) is 0.263. The van der Waals surface area contributed by atoms with Gasteiger partial charge in [0.2, 0.25) is 5.28 Å². The number of rotatable bonds is 6. The quantitative estimate of drug-likeness (QED) is 0.574. The van der Waals surface area contributed by atoms with Gasteiger partial charge >= 0.3 is 0 Å². The molecule has 0 saturated carbocycles. The molecule has 3 rings (SSSR count). The van der Waals surface area contributed by atoms with Crippen molar-refractivity contribution in [2.75, 3.05) is 19.0 Å². The zero-order valence-electron chi connectivity index (χ0n) is 16.0. The van der Waals surface area contributed by atoms with Crippen molar-refractivity contribution in [2.24, 2.45) is 0 Å². The lowest BCUT2D eigenvalue weighted by Gasteiger charge is -2.17. The van der Waals surface area contributed by atoms with Gasteiger partial charge in [0.25, 0.3) is 11.5 Å². The molecule has 2 aromatic heterocycles. The first kappa shape index (κ1) is 20.9. The molecule has 0 aliphatic heterocycles. The van der Waals surface area contributed by atoms with Crippen molar-refractivity contribution in [1.82, 2.24) is 19.9 Å². The molecule has 2 heterocycles. The molecule has 29 heavy (non-hydrogen) atoms. The molecule has 0 saturated heterocycles. The maximum atomic E-state index is 12.8. The van der Waals surface area contributed by atoms with Crippen LogP contribution in [-0.4, -0.2) is 34.1 Å². The first-order valence-electron chi connectivity index (χ1n) is 8.78. The zero-order chi connectivity index (χ0) is 21.1. The van der Waals surface area contributed by atoms with Crippen LogP contribution < -0.4 is 20.9 Å². The van der Waals surface area contributed by atoms with Crippen LogP contribution in [-0.2, 0) is 4.79 Å². The predicted molar refractivity (Wildman–Crippen MR) is 113 cm³/mol. The van der Waals surface area contributed by atoms with Gasteiger partial charge < -0.3 is 19.9 Å². The van der Waals surface area contributed by atoms with Crippen LogP contribution in [0.4, 0.5) is 11.5 Å². The summed E-state index contributed by atoms with van der Waals surface area (Å²) in [4.78, 5) is 32.2. The molecule has 0 fully saturated rings. The van der Waals surface area contributed by atoms with Crippen molar-refractivity contribution >= 4 is 51.5 Å². The van der Waals surface area contributed by atoms with E-state index < -0.39 is 0 Å². The number of hydrogen-bond acceptors (Lipinski definition) is 6. The van der Waals surface area contributed by atoms with Crippen LogP contribution in [0.1, 0.15) is 19.9 Å². The summed E-state index contributed by atoms with van der Waals surface area (Å²) in [5, 5.41) is 6.67. The number of ether oxygens (including phenoxy) is 1. The Morgan fingerprint density at radius 1 is 1.28 bits per heavy atom. The van der Waals surface area contributed by atoms with Gasteiger partial charge in [0, 0.05) is 24.2 Å². The molecule has 0 radical (unpaired) electrons. The van der Waals surface area contributed by atoms with E-state index in [0.29, 0.717) is 16.5 Å². The fourth-order valence-corrected chi connectivity index (χ4v) is 3.07. The van der Waals surface area contributed by atoms with Gasteiger partial charge in [-0.25, -0.2) is 4.98 Å². The molecule has 0 aliphatic rings. The first-order chi connectivity index (χ1) is 13.8. The van der Waals surface area contributed by atoms with Crippen molar-refractivity contribution in [1.29, 1.82) is 0 Å². The summed E-state index contributed by atoms with van der Waals surface area (Å²) in [6.45, 7) is 3.55. The number of carbonyl (C=O) groups excluding carboxylic acids is 1. The number of carbonyl (C=O) groups is 1. The highest BCUT2D eigenvalue weighted by molar-refractivity contribution is 6.33. The Bertz CT molecular complexity index is 1130. The summed E-state index contributed by atoms with van der Waals surface area (Å²) in [6.07, 6.45) is 1.40. The van der Waals surface area contributed by atoms with E-state index in [1.807, 2.05) is 26.0 Å². The molecule has 1 aromatic carbocycles. The number of fused-ring (bicyclic) bond motifs is 1. The summed E-state index contributed by atoms with van der Waals surface area (Å²) >= 11 is 11.9. The number of aromatic nitrogens is 3. The normalized spacial score (nSPS) is 11.0. The van der Waals surface area contributed by atoms with Gasteiger partial charge in [-0.15, -0.1) is 0 Å². The highest BCUT2D eigenvalue weighted by atomic mass is 35.5. The minimum atomic E-state index is -0.328. The van der Waals surface area contributed by atoms with E-state index in [4.69, 9.17) is 27.9 Å². The lowest BCUT2D eigenvalue weighted by atomic mass is 10.1. The molecule has 8 nitrogen and oxygen atoms in total. The molecular weight excluding hydrogens is 417 g/mol. The monoisotopic (exact) mass is 435 g/mol. The van der Waals surface area contributed by atoms with E-state index in [1.54, 1.807) is 16.7 Å². The molecule has 0 bridgehead atoms. The number of hydrogen-bond donors (Lipinski definition) is 2. The van der Waals surface area contributed by atoms with Gasteiger partial charge in [0.15, 0.2) is 18.2 Å². The van der Waals surface area contributed by atoms with Crippen molar-refractivity contribution in [3.05, 3.63) is 51.1 Å². The SMILES string of the molecule is CNC(=O)COc1cc2cc(Nc3nc(Cl)ncc3Cl)ccc2n(C(C)C)c1=O. The Hall–Kier alpha value is -2.84. The Morgan fingerprint density at radius 2 is 2.03 bits per heavy atom. The zero-order valence-corrected chi connectivity index (χ0v) is 17.5. The minimum Gasteiger partial charge on any atom is -0.478 e. The Labute approximate surface area is 176 Å². The molecule has 10 heteroatoms. The smallest absolute Gasteiger partial charge is 0.293 e. The minimum absolute atomic E-state index is 0.0659. The molecule has 0 spiro atoms. The number of nitrogens with zero attached hydrogens (tertiary/aromatic N) is 3. The van der Waals surface area contributed by atoms with Crippen LogP contribution >= 0.6 is 23.2 Å². The molecule has 0 aliphatic carbocycles.